The highest BCUT2D eigenvalue weighted by Crippen LogP contribution is 2.17. The molecule has 6 heteroatoms. The van der Waals surface area contributed by atoms with Gasteiger partial charge in [-0.3, -0.25) is 9.67 Å². The van der Waals surface area contributed by atoms with Crippen molar-refractivity contribution in [3.63, 3.8) is 0 Å². The van der Waals surface area contributed by atoms with Gasteiger partial charge in [0, 0.05) is 30.3 Å². The van der Waals surface area contributed by atoms with Crippen LogP contribution in [0.1, 0.15) is 24.4 Å². The van der Waals surface area contributed by atoms with Crippen LogP contribution in [0.4, 0.5) is 0 Å². The molecular weight excluding hydrogens is 294 g/mol. The van der Waals surface area contributed by atoms with Crippen molar-refractivity contribution in [2.75, 3.05) is 6.54 Å². The smallest absolute Gasteiger partial charge is 0.0846 e. The van der Waals surface area contributed by atoms with E-state index in [4.69, 9.17) is 0 Å². The summed E-state index contributed by atoms with van der Waals surface area (Å²) >= 11 is 3.40. The molecule has 0 aliphatic carbocycles. The number of halogens is 1. The maximum absolute atomic E-state index is 4.44. The summed E-state index contributed by atoms with van der Waals surface area (Å²) in [5, 5.41) is 11.5. The lowest BCUT2D eigenvalue weighted by Gasteiger charge is -2.15. The monoisotopic (exact) mass is 309 g/mol. The van der Waals surface area contributed by atoms with E-state index < -0.39 is 0 Å². The molecule has 5 nitrogen and oxygen atoms in total. The minimum Gasteiger partial charge on any atom is -0.309 e. The molecule has 1 atom stereocenters. The van der Waals surface area contributed by atoms with E-state index in [1.807, 2.05) is 31.6 Å². The third kappa shape index (κ3) is 3.36. The van der Waals surface area contributed by atoms with Crippen LogP contribution in [-0.2, 0) is 13.5 Å². The number of likely N-dealkylation sites (N-methyl/N-ethyl adjacent to an activating group) is 1. The first-order valence-corrected chi connectivity index (χ1v) is 6.68. The molecule has 0 fully saturated rings. The molecule has 0 bridgehead atoms. The Morgan fingerprint density at radius 1 is 1.44 bits per heavy atom. The Hall–Kier alpha value is -1.27. The lowest BCUT2D eigenvalue weighted by molar-refractivity contribution is 0.530. The van der Waals surface area contributed by atoms with Crippen molar-refractivity contribution >= 4 is 15.9 Å². The predicted octanol–water partition coefficient (Wildman–Crippen LogP) is 1.87. The van der Waals surface area contributed by atoms with E-state index in [1.54, 1.807) is 4.68 Å². The summed E-state index contributed by atoms with van der Waals surface area (Å²) in [5.41, 5.74) is 1.99. The van der Waals surface area contributed by atoms with Gasteiger partial charge >= 0.3 is 0 Å². The number of hydrogen-bond donors (Lipinski definition) is 1. The van der Waals surface area contributed by atoms with E-state index in [-0.39, 0.29) is 6.04 Å². The highest BCUT2D eigenvalue weighted by Gasteiger charge is 2.14. The zero-order valence-electron chi connectivity index (χ0n) is 10.5. The predicted molar refractivity (Wildman–Crippen MR) is 73.1 cm³/mol. The van der Waals surface area contributed by atoms with Crippen molar-refractivity contribution < 1.29 is 0 Å². The Labute approximate surface area is 115 Å². The number of hydrogen-bond acceptors (Lipinski definition) is 4. The Kier molecular flexibility index (Phi) is 4.43. The first-order valence-electron chi connectivity index (χ1n) is 5.89. The second kappa shape index (κ2) is 6.06. The van der Waals surface area contributed by atoms with Crippen LogP contribution in [0.2, 0.25) is 0 Å². The van der Waals surface area contributed by atoms with Crippen molar-refractivity contribution in [1.82, 2.24) is 25.3 Å². The van der Waals surface area contributed by atoms with Gasteiger partial charge < -0.3 is 5.32 Å². The van der Waals surface area contributed by atoms with Crippen LogP contribution in [0.15, 0.2) is 29.0 Å². The number of aromatic nitrogens is 4. The molecule has 0 radical (unpaired) electrons. The fraction of sp³-hybridized carbons (Fsp3) is 0.417. The maximum Gasteiger partial charge on any atom is 0.0846 e. The topological polar surface area (TPSA) is 55.6 Å². The lowest BCUT2D eigenvalue weighted by Crippen LogP contribution is -2.24. The SMILES string of the molecule is CCNC(Cc1cn(C)nn1)c1ccc(Br)cn1. The number of nitrogens with zero attached hydrogens (tertiary/aromatic N) is 4. The number of rotatable bonds is 5. The Bertz CT molecular complexity index is 493. The summed E-state index contributed by atoms with van der Waals surface area (Å²) in [5.74, 6) is 0. The van der Waals surface area contributed by atoms with Gasteiger partial charge in [-0.05, 0) is 34.6 Å². The molecule has 18 heavy (non-hydrogen) atoms. The van der Waals surface area contributed by atoms with E-state index in [2.05, 4.69) is 43.5 Å². The van der Waals surface area contributed by atoms with Gasteiger partial charge in [-0.2, -0.15) is 0 Å². The largest absolute Gasteiger partial charge is 0.309 e. The summed E-state index contributed by atoms with van der Waals surface area (Å²) in [6.07, 6.45) is 4.54. The van der Waals surface area contributed by atoms with Crippen molar-refractivity contribution in [2.24, 2.45) is 7.05 Å². The molecule has 0 aliphatic heterocycles. The normalized spacial score (nSPS) is 12.6. The van der Waals surface area contributed by atoms with E-state index in [1.165, 1.54) is 0 Å². The lowest BCUT2D eigenvalue weighted by atomic mass is 10.1. The van der Waals surface area contributed by atoms with Gasteiger partial charge in [0.2, 0.25) is 0 Å². The van der Waals surface area contributed by atoms with Crippen LogP contribution in [0, 0.1) is 0 Å². The molecule has 0 spiro atoms. The van der Waals surface area contributed by atoms with Gasteiger partial charge in [0.25, 0.3) is 0 Å². The molecule has 2 rings (SSSR count). The molecule has 0 amide bonds. The van der Waals surface area contributed by atoms with Gasteiger partial charge in [0.15, 0.2) is 0 Å². The van der Waals surface area contributed by atoms with Crippen LogP contribution >= 0.6 is 15.9 Å². The zero-order chi connectivity index (χ0) is 13.0. The zero-order valence-corrected chi connectivity index (χ0v) is 12.1. The van der Waals surface area contributed by atoms with Crippen LogP contribution in [-0.4, -0.2) is 26.5 Å². The average molecular weight is 310 g/mol. The number of pyridine rings is 1. The van der Waals surface area contributed by atoms with Gasteiger partial charge in [0.05, 0.1) is 17.4 Å². The molecule has 0 saturated heterocycles. The minimum atomic E-state index is 0.166. The minimum absolute atomic E-state index is 0.166. The van der Waals surface area contributed by atoms with Crippen molar-refractivity contribution in [1.29, 1.82) is 0 Å². The molecule has 0 aliphatic rings. The molecule has 2 heterocycles. The van der Waals surface area contributed by atoms with Crippen molar-refractivity contribution in [3.8, 4) is 0 Å². The fourth-order valence-corrected chi connectivity index (χ4v) is 2.05. The first kappa shape index (κ1) is 13.2. The third-order valence-corrected chi connectivity index (χ3v) is 3.09. The molecule has 0 saturated carbocycles. The van der Waals surface area contributed by atoms with Crippen molar-refractivity contribution in [3.05, 3.63) is 40.4 Å². The van der Waals surface area contributed by atoms with E-state index in [0.717, 1.165) is 28.8 Å². The van der Waals surface area contributed by atoms with E-state index in [0.29, 0.717) is 0 Å². The third-order valence-electron chi connectivity index (χ3n) is 2.62. The fourth-order valence-electron chi connectivity index (χ4n) is 1.82. The van der Waals surface area contributed by atoms with E-state index in [9.17, 15) is 0 Å². The Morgan fingerprint density at radius 3 is 2.83 bits per heavy atom. The summed E-state index contributed by atoms with van der Waals surface area (Å²) < 4.78 is 2.70. The average Bonchev–Trinajstić information content (AvgIpc) is 2.75. The quantitative estimate of drug-likeness (QED) is 0.916. The summed E-state index contributed by atoms with van der Waals surface area (Å²) in [7, 11) is 1.87. The Balaban J connectivity index is 2.14. The maximum atomic E-state index is 4.44. The van der Waals surface area contributed by atoms with Crippen LogP contribution in [0.5, 0.6) is 0 Å². The summed E-state index contributed by atoms with van der Waals surface area (Å²) in [6, 6.07) is 4.19. The molecule has 1 N–H and O–H groups in total. The highest BCUT2D eigenvalue weighted by molar-refractivity contribution is 9.10. The number of aryl methyl sites for hydroxylation is 1. The molecule has 96 valence electrons. The van der Waals surface area contributed by atoms with Crippen LogP contribution in [0.25, 0.3) is 0 Å². The van der Waals surface area contributed by atoms with Gasteiger partial charge in [-0.15, -0.1) is 5.10 Å². The molecule has 0 aromatic carbocycles. The van der Waals surface area contributed by atoms with Crippen molar-refractivity contribution in [2.45, 2.75) is 19.4 Å². The second-order valence-corrected chi connectivity index (χ2v) is 5.01. The molecule has 2 aromatic rings. The number of nitrogens with one attached hydrogen (secondary N) is 1. The molecule has 1 unspecified atom stereocenters. The summed E-state index contributed by atoms with van der Waals surface area (Å²) in [4.78, 5) is 4.44. The van der Waals surface area contributed by atoms with Gasteiger partial charge in [-0.25, -0.2) is 0 Å². The summed E-state index contributed by atoms with van der Waals surface area (Å²) in [6.45, 7) is 2.98. The molecule has 2 aromatic heterocycles. The second-order valence-electron chi connectivity index (χ2n) is 4.10. The standard InChI is InChI=1S/C12H16BrN5/c1-3-14-12(6-10-8-18(2)17-16-10)11-5-4-9(13)7-15-11/h4-5,7-8,12,14H,3,6H2,1-2H3. The van der Waals surface area contributed by atoms with Crippen LogP contribution < -0.4 is 5.32 Å². The molecular formula is C12H16BrN5. The highest BCUT2D eigenvalue weighted by atomic mass is 79.9. The van der Waals surface area contributed by atoms with E-state index >= 15 is 0 Å². The van der Waals surface area contributed by atoms with Gasteiger partial charge in [0.1, 0.15) is 0 Å². The van der Waals surface area contributed by atoms with Gasteiger partial charge in [-0.1, -0.05) is 12.1 Å². The van der Waals surface area contributed by atoms with Crippen LogP contribution in [0.3, 0.4) is 0 Å². The Morgan fingerprint density at radius 2 is 2.28 bits per heavy atom. The first-order chi connectivity index (χ1) is 8.69.